The van der Waals surface area contributed by atoms with Gasteiger partial charge in [0.2, 0.25) is 0 Å². The number of hydrogen-bond acceptors (Lipinski definition) is 3. The van der Waals surface area contributed by atoms with Crippen molar-refractivity contribution in [3.8, 4) is 10.6 Å². The molecule has 0 saturated heterocycles. The molecule has 1 heterocycles. The van der Waals surface area contributed by atoms with Crippen LogP contribution in [-0.4, -0.2) is 4.98 Å². The van der Waals surface area contributed by atoms with Crippen LogP contribution in [0.5, 0.6) is 0 Å². The van der Waals surface area contributed by atoms with Crippen molar-refractivity contribution in [1.82, 2.24) is 4.98 Å². The predicted molar refractivity (Wildman–Crippen MR) is 81.5 cm³/mol. The highest BCUT2D eigenvalue weighted by molar-refractivity contribution is 7.15. The number of aromatic nitrogens is 1. The molecule has 0 radical (unpaired) electrons. The predicted octanol–water partition coefficient (Wildman–Crippen LogP) is 4.57. The van der Waals surface area contributed by atoms with Crippen LogP contribution < -0.4 is 5.73 Å². The van der Waals surface area contributed by atoms with Crippen LogP contribution in [0, 0.1) is 11.2 Å². The molecule has 1 aliphatic carbocycles. The summed E-state index contributed by atoms with van der Waals surface area (Å²) >= 11 is 7.69. The molecule has 2 nitrogen and oxygen atoms in total. The fourth-order valence-electron chi connectivity index (χ4n) is 2.77. The summed E-state index contributed by atoms with van der Waals surface area (Å²) in [5.74, 6) is -0.335. The number of benzene rings is 1. The van der Waals surface area contributed by atoms with Crippen molar-refractivity contribution in [2.24, 2.45) is 11.1 Å². The first kappa shape index (κ1) is 14.0. The molecule has 0 spiro atoms. The molecule has 106 valence electrons. The van der Waals surface area contributed by atoms with E-state index in [9.17, 15) is 4.39 Å². The third kappa shape index (κ3) is 2.48. The van der Waals surface area contributed by atoms with Crippen molar-refractivity contribution in [3.05, 3.63) is 39.6 Å². The maximum absolute atomic E-state index is 13.1. The molecule has 0 amide bonds. The molecule has 2 N–H and O–H groups in total. The fourth-order valence-corrected chi connectivity index (χ4v) is 4.21. The standard InChI is InChI=1S/C15H16ClFN2S/c1-15(2)6-11(18)13-12(7-15)19-14(20-13)9-4-3-8(17)5-10(9)16/h3-5,11H,6-7,18H2,1-2H3. The Hall–Kier alpha value is -0.970. The summed E-state index contributed by atoms with van der Waals surface area (Å²) in [5, 5.41) is 1.22. The van der Waals surface area contributed by atoms with E-state index in [1.807, 2.05) is 0 Å². The second kappa shape index (κ2) is 4.79. The Kier molecular flexibility index (Phi) is 3.35. The molecule has 1 aliphatic rings. The molecule has 20 heavy (non-hydrogen) atoms. The van der Waals surface area contributed by atoms with Crippen LogP contribution in [0.1, 0.15) is 36.9 Å². The largest absolute Gasteiger partial charge is 0.323 e. The first-order valence-corrected chi connectivity index (χ1v) is 7.76. The Morgan fingerprint density at radius 3 is 2.90 bits per heavy atom. The van der Waals surface area contributed by atoms with Crippen LogP contribution >= 0.6 is 22.9 Å². The lowest BCUT2D eigenvalue weighted by Crippen LogP contribution is -2.28. The molecule has 2 aromatic rings. The van der Waals surface area contributed by atoms with Gasteiger partial charge in [-0.15, -0.1) is 11.3 Å². The van der Waals surface area contributed by atoms with E-state index < -0.39 is 0 Å². The maximum atomic E-state index is 13.1. The van der Waals surface area contributed by atoms with Crippen LogP contribution in [-0.2, 0) is 6.42 Å². The molecule has 1 aromatic carbocycles. The van der Waals surface area contributed by atoms with Gasteiger partial charge in [0.25, 0.3) is 0 Å². The van der Waals surface area contributed by atoms with E-state index in [4.69, 9.17) is 17.3 Å². The van der Waals surface area contributed by atoms with Crippen molar-refractivity contribution in [1.29, 1.82) is 0 Å². The van der Waals surface area contributed by atoms with E-state index in [0.717, 1.165) is 34.0 Å². The Labute approximate surface area is 126 Å². The minimum Gasteiger partial charge on any atom is -0.323 e. The first-order valence-electron chi connectivity index (χ1n) is 6.56. The zero-order valence-electron chi connectivity index (χ0n) is 11.4. The zero-order chi connectivity index (χ0) is 14.5. The average Bonchev–Trinajstić information content (AvgIpc) is 2.70. The van der Waals surface area contributed by atoms with Crippen molar-refractivity contribution >= 4 is 22.9 Å². The Balaban J connectivity index is 2.06. The van der Waals surface area contributed by atoms with Crippen molar-refractivity contribution < 1.29 is 4.39 Å². The molecule has 1 unspecified atom stereocenters. The molecule has 0 fully saturated rings. The molecule has 5 heteroatoms. The molecule has 1 aromatic heterocycles. The molecule has 0 bridgehead atoms. The highest BCUT2D eigenvalue weighted by atomic mass is 35.5. The van der Waals surface area contributed by atoms with Gasteiger partial charge in [0, 0.05) is 16.5 Å². The van der Waals surface area contributed by atoms with E-state index in [2.05, 4.69) is 18.8 Å². The Morgan fingerprint density at radius 1 is 1.45 bits per heavy atom. The second-order valence-electron chi connectivity index (χ2n) is 6.11. The Bertz CT molecular complexity index is 666. The van der Waals surface area contributed by atoms with Gasteiger partial charge in [-0.2, -0.15) is 0 Å². The lowest BCUT2D eigenvalue weighted by atomic mass is 9.77. The molecular formula is C15H16ClFN2S. The first-order chi connectivity index (χ1) is 9.35. The van der Waals surface area contributed by atoms with E-state index in [1.165, 1.54) is 12.1 Å². The minimum absolute atomic E-state index is 0.0271. The summed E-state index contributed by atoms with van der Waals surface area (Å²) in [6.07, 6.45) is 1.88. The summed E-state index contributed by atoms with van der Waals surface area (Å²) in [7, 11) is 0. The van der Waals surface area contributed by atoms with Gasteiger partial charge in [-0.25, -0.2) is 9.37 Å². The van der Waals surface area contributed by atoms with Gasteiger partial charge >= 0.3 is 0 Å². The van der Waals surface area contributed by atoms with Gasteiger partial charge < -0.3 is 5.73 Å². The highest BCUT2D eigenvalue weighted by Crippen LogP contribution is 2.44. The van der Waals surface area contributed by atoms with Crippen molar-refractivity contribution in [3.63, 3.8) is 0 Å². The Morgan fingerprint density at radius 2 is 2.20 bits per heavy atom. The third-order valence-electron chi connectivity index (χ3n) is 3.64. The van der Waals surface area contributed by atoms with Crippen LogP contribution in [0.25, 0.3) is 10.6 Å². The minimum atomic E-state index is -0.335. The summed E-state index contributed by atoms with van der Waals surface area (Å²) in [6.45, 7) is 4.42. The van der Waals surface area contributed by atoms with Gasteiger partial charge in [0.1, 0.15) is 10.8 Å². The van der Waals surface area contributed by atoms with Gasteiger partial charge in [0.15, 0.2) is 0 Å². The molecule has 3 rings (SSSR count). The van der Waals surface area contributed by atoms with Crippen LogP contribution in [0.3, 0.4) is 0 Å². The number of rotatable bonds is 1. The van der Waals surface area contributed by atoms with Gasteiger partial charge in [-0.3, -0.25) is 0 Å². The van der Waals surface area contributed by atoms with E-state index in [0.29, 0.717) is 5.02 Å². The van der Waals surface area contributed by atoms with Crippen molar-refractivity contribution in [2.45, 2.75) is 32.7 Å². The number of fused-ring (bicyclic) bond motifs is 1. The van der Waals surface area contributed by atoms with Gasteiger partial charge in [0.05, 0.1) is 10.7 Å². The smallest absolute Gasteiger partial charge is 0.125 e. The number of halogens is 2. The number of nitrogens with zero attached hydrogens (tertiary/aromatic N) is 1. The monoisotopic (exact) mass is 310 g/mol. The lowest BCUT2D eigenvalue weighted by molar-refractivity contribution is 0.282. The van der Waals surface area contributed by atoms with Crippen LogP contribution in [0.15, 0.2) is 18.2 Å². The van der Waals surface area contributed by atoms with E-state index in [-0.39, 0.29) is 17.3 Å². The fraction of sp³-hybridized carbons (Fsp3) is 0.400. The van der Waals surface area contributed by atoms with Gasteiger partial charge in [-0.05, 0) is 36.5 Å². The van der Waals surface area contributed by atoms with E-state index >= 15 is 0 Å². The summed E-state index contributed by atoms with van der Waals surface area (Å²) < 4.78 is 13.1. The molecule has 0 saturated carbocycles. The average molecular weight is 311 g/mol. The molecule has 1 atom stereocenters. The second-order valence-corrected chi connectivity index (χ2v) is 7.54. The number of nitrogens with two attached hydrogens (primary N) is 1. The molecular weight excluding hydrogens is 295 g/mol. The summed E-state index contributed by atoms with van der Waals surface area (Å²) in [4.78, 5) is 5.83. The highest BCUT2D eigenvalue weighted by Gasteiger charge is 2.33. The van der Waals surface area contributed by atoms with Gasteiger partial charge in [-0.1, -0.05) is 25.4 Å². The van der Waals surface area contributed by atoms with Crippen LogP contribution in [0.4, 0.5) is 4.39 Å². The van der Waals surface area contributed by atoms with E-state index in [1.54, 1.807) is 17.4 Å². The van der Waals surface area contributed by atoms with Crippen LogP contribution in [0.2, 0.25) is 5.02 Å². The summed E-state index contributed by atoms with van der Waals surface area (Å²) in [5.41, 5.74) is 8.26. The summed E-state index contributed by atoms with van der Waals surface area (Å²) in [6, 6.07) is 4.44. The normalized spacial score (nSPS) is 20.8. The number of thiazole rings is 1. The lowest BCUT2D eigenvalue weighted by Gasteiger charge is -2.32. The topological polar surface area (TPSA) is 38.9 Å². The molecule has 0 aliphatic heterocycles. The van der Waals surface area contributed by atoms with Crippen molar-refractivity contribution in [2.75, 3.05) is 0 Å². The maximum Gasteiger partial charge on any atom is 0.125 e. The SMILES string of the molecule is CC1(C)Cc2nc(-c3ccc(F)cc3Cl)sc2C(N)C1. The third-order valence-corrected chi connectivity index (χ3v) is 5.22. The zero-order valence-corrected chi connectivity index (χ0v) is 13.0. The number of hydrogen-bond donors (Lipinski definition) is 1. The quantitative estimate of drug-likeness (QED) is 0.837.